The van der Waals surface area contributed by atoms with Crippen LogP contribution in [-0.2, 0) is 4.79 Å². The molecule has 0 aliphatic rings. The fourth-order valence-corrected chi connectivity index (χ4v) is 0.299. The molecule has 0 aromatic rings. The fourth-order valence-electron chi connectivity index (χ4n) is 0.299. The van der Waals surface area contributed by atoms with Gasteiger partial charge in [-0.15, -0.1) is 0 Å². The summed E-state index contributed by atoms with van der Waals surface area (Å²) in [6.45, 7) is 2.54. The van der Waals surface area contributed by atoms with E-state index in [-0.39, 0.29) is 12.3 Å². The second-order valence-electron chi connectivity index (χ2n) is 1.44. The SMILES string of the molecule is C=C(CO)N(C=O)CO. The van der Waals surface area contributed by atoms with E-state index in [2.05, 4.69) is 6.58 Å². The lowest BCUT2D eigenvalue weighted by atomic mass is 10.5. The monoisotopic (exact) mass is 131 g/mol. The summed E-state index contributed by atoms with van der Waals surface area (Å²) in [6.07, 6.45) is 0.401. The van der Waals surface area contributed by atoms with Crippen LogP contribution in [0.15, 0.2) is 12.3 Å². The van der Waals surface area contributed by atoms with E-state index in [1.807, 2.05) is 0 Å². The third-order valence-electron chi connectivity index (χ3n) is 0.868. The third kappa shape index (κ3) is 2.25. The van der Waals surface area contributed by atoms with Crippen LogP contribution >= 0.6 is 0 Å². The summed E-state index contributed by atoms with van der Waals surface area (Å²) < 4.78 is 0. The first-order valence-electron chi connectivity index (χ1n) is 2.37. The van der Waals surface area contributed by atoms with Crippen LogP contribution < -0.4 is 0 Å². The molecule has 0 spiro atoms. The number of amides is 1. The molecule has 0 aromatic carbocycles. The molecule has 2 N–H and O–H groups in total. The minimum absolute atomic E-state index is 0.188. The normalized spacial score (nSPS) is 8.67. The minimum Gasteiger partial charge on any atom is -0.390 e. The highest BCUT2D eigenvalue weighted by atomic mass is 16.3. The van der Waals surface area contributed by atoms with Gasteiger partial charge in [-0.1, -0.05) is 6.58 Å². The van der Waals surface area contributed by atoms with Crippen molar-refractivity contribution in [1.29, 1.82) is 0 Å². The van der Waals surface area contributed by atoms with Crippen molar-refractivity contribution in [3.63, 3.8) is 0 Å². The molecular weight excluding hydrogens is 122 g/mol. The summed E-state index contributed by atoms with van der Waals surface area (Å²) in [5.74, 6) is 0. The van der Waals surface area contributed by atoms with E-state index in [1.54, 1.807) is 0 Å². The van der Waals surface area contributed by atoms with Gasteiger partial charge in [0, 0.05) is 5.70 Å². The van der Waals surface area contributed by atoms with Crippen LogP contribution in [0.3, 0.4) is 0 Å². The van der Waals surface area contributed by atoms with Crippen molar-refractivity contribution in [1.82, 2.24) is 4.90 Å². The molecule has 0 rings (SSSR count). The maximum atomic E-state index is 9.93. The Hall–Kier alpha value is -0.870. The van der Waals surface area contributed by atoms with Crippen molar-refractivity contribution in [2.45, 2.75) is 0 Å². The number of carbonyl (C=O) groups excluding carboxylic acids is 1. The molecular formula is C5H9NO3. The van der Waals surface area contributed by atoms with E-state index in [4.69, 9.17) is 10.2 Å². The summed E-state index contributed by atoms with van der Waals surface area (Å²) in [5.41, 5.74) is 0.188. The largest absolute Gasteiger partial charge is 0.390 e. The maximum Gasteiger partial charge on any atom is 0.215 e. The van der Waals surface area contributed by atoms with Gasteiger partial charge in [0.2, 0.25) is 6.41 Å². The number of aliphatic hydroxyl groups excluding tert-OH is 2. The molecule has 0 unspecified atom stereocenters. The first-order valence-corrected chi connectivity index (χ1v) is 2.37. The number of rotatable bonds is 4. The smallest absolute Gasteiger partial charge is 0.215 e. The van der Waals surface area contributed by atoms with Gasteiger partial charge in [0.05, 0.1) is 6.61 Å². The van der Waals surface area contributed by atoms with Crippen molar-refractivity contribution in [3.8, 4) is 0 Å². The predicted octanol–water partition coefficient (Wildman–Crippen LogP) is -1.10. The Morgan fingerprint density at radius 1 is 1.67 bits per heavy atom. The summed E-state index contributed by atoms with van der Waals surface area (Å²) in [4.78, 5) is 10.8. The molecule has 4 nitrogen and oxygen atoms in total. The fraction of sp³-hybridized carbons (Fsp3) is 0.400. The van der Waals surface area contributed by atoms with Crippen LogP contribution in [0, 0.1) is 0 Å². The molecule has 0 aromatic heterocycles. The molecule has 0 saturated heterocycles. The van der Waals surface area contributed by atoms with E-state index in [0.29, 0.717) is 6.41 Å². The lowest BCUT2D eigenvalue weighted by molar-refractivity contribution is -0.119. The molecule has 0 bridgehead atoms. The average Bonchev–Trinajstić information content (AvgIpc) is 1.90. The highest BCUT2D eigenvalue weighted by Gasteiger charge is 2.00. The number of carbonyl (C=O) groups is 1. The standard InChI is InChI=1S/C5H9NO3/c1-5(2-7)6(3-8)4-9/h3,7,9H,1-2,4H2. The number of hydrogen-bond acceptors (Lipinski definition) is 3. The number of hydrogen-bond donors (Lipinski definition) is 2. The van der Waals surface area contributed by atoms with Crippen molar-refractivity contribution < 1.29 is 15.0 Å². The molecule has 0 atom stereocenters. The molecule has 0 aliphatic heterocycles. The Labute approximate surface area is 53.0 Å². The van der Waals surface area contributed by atoms with Gasteiger partial charge in [0.15, 0.2) is 0 Å². The molecule has 9 heavy (non-hydrogen) atoms. The zero-order valence-electron chi connectivity index (χ0n) is 4.95. The number of nitrogens with zero attached hydrogens (tertiary/aromatic N) is 1. The van der Waals surface area contributed by atoms with E-state index in [1.165, 1.54) is 0 Å². The van der Waals surface area contributed by atoms with Gasteiger partial charge in [0.25, 0.3) is 0 Å². The molecule has 1 amide bonds. The average molecular weight is 131 g/mol. The van der Waals surface area contributed by atoms with Gasteiger partial charge < -0.3 is 10.2 Å². The van der Waals surface area contributed by atoms with Crippen LogP contribution in [0.4, 0.5) is 0 Å². The van der Waals surface area contributed by atoms with Crippen LogP contribution in [0.2, 0.25) is 0 Å². The second kappa shape index (κ2) is 4.05. The molecule has 4 heteroatoms. The summed E-state index contributed by atoms with van der Waals surface area (Å²) in [5, 5.41) is 16.7. The van der Waals surface area contributed by atoms with Gasteiger partial charge in [-0.2, -0.15) is 0 Å². The zero-order valence-corrected chi connectivity index (χ0v) is 4.95. The van der Waals surface area contributed by atoms with E-state index in [9.17, 15) is 4.79 Å². The van der Waals surface area contributed by atoms with Gasteiger partial charge >= 0.3 is 0 Å². The van der Waals surface area contributed by atoms with Gasteiger partial charge in [-0.25, -0.2) is 0 Å². The van der Waals surface area contributed by atoms with Crippen LogP contribution in [0.1, 0.15) is 0 Å². The van der Waals surface area contributed by atoms with E-state index in [0.717, 1.165) is 4.90 Å². The van der Waals surface area contributed by atoms with Crippen molar-refractivity contribution >= 4 is 6.41 Å². The summed E-state index contributed by atoms with van der Waals surface area (Å²) in [6, 6.07) is 0. The quantitative estimate of drug-likeness (QED) is 0.376. The van der Waals surface area contributed by atoms with Gasteiger partial charge in [-0.05, 0) is 0 Å². The molecule has 0 radical (unpaired) electrons. The highest BCUT2D eigenvalue weighted by Crippen LogP contribution is 1.92. The molecule has 0 fully saturated rings. The Morgan fingerprint density at radius 3 is 2.33 bits per heavy atom. The lowest BCUT2D eigenvalue weighted by Crippen LogP contribution is -2.23. The van der Waals surface area contributed by atoms with Crippen molar-refractivity contribution in [2.75, 3.05) is 13.3 Å². The van der Waals surface area contributed by atoms with E-state index < -0.39 is 6.73 Å². The van der Waals surface area contributed by atoms with Crippen LogP contribution in [0.25, 0.3) is 0 Å². The van der Waals surface area contributed by atoms with Crippen LogP contribution in [0.5, 0.6) is 0 Å². The summed E-state index contributed by atoms with van der Waals surface area (Å²) in [7, 11) is 0. The molecule has 0 aliphatic carbocycles. The Morgan fingerprint density at radius 2 is 2.22 bits per heavy atom. The van der Waals surface area contributed by atoms with Crippen LogP contribution in [-0.4, -0.2) is 34.9 Å². The Balaban J connectivity index is 3.78. The minimum atomic E-state index is -0.442. The predicted molar refractivity (Wildman–Crippen MR) is 31.2 cm³/mol. The van der Waals surface area contributed by atoms with Crippen molar-refractivity contribution in [3.05, 3.63) is 12.3 Å². The Kier molecular flexibility index (Phi) is 3.66. The van der Waals surface area contributed by atoms with Gasteiger partial charge in [-0.3, -0.25) is 9.69 Å². The topological polar surface area (TPSA) is 60.8 Å². The third-order valence-corrected chi connectivity index (χ3v) is 0.868. The first kappa shape index (κ1) is 8.13. The first-order chi connectivity index (χ1) is 4.26. The highest BCUT2D eigenvalue weighted by molar-refractivity contribution is 5.50. The Bertz CT molecular complexity index is 113. The molecule has 0 saturated carbocycles. The van der Waals surface area contributed by atoms with E-state index >= 15 is 0 Å². The zero-order chi connectivity index (χ0) is 7.28. The van der Waals surface area contributed by atoms with Gasteiger partial charge in [0.1, 0.15) is 6.73 Å². The summed E-state index contributed by atoms with van der Waals surface area (Å²) >= 11 is 0. The van der Waals surface area contributed by atoms with Crippen molar-refractivity contribution in [2.24, 2.45) is 0 Å². The number of aliphatic hydroxyl groups is 2. The maximum absolute atomic E-state index is 9.93. The molecule has 52 valence electrons. The molecule has 0 heterocycles. The lowest BCUT2D eigenvalue weighted by Gasteiger charge is -2.13. The second-order valence-corrected chi connectivity index (χ2v) is 1.44.